The third-order valence-corrected chi connectivity index (χ3v) is 4.57. The number of likely N-dealkylation sites (tertiary alicyclic amines) is 1. The Balaban J connectivity index is 1.83. The first-order chi connectivity index (χ1) is 12.5. The summed E-state index contributed by atoms with van der Waals surface area (Å²) in [6.07, 6.45) is 2.66. The largest absolute Gasteiger partial charge is 0.508 e. The summed E-state index contributed by atoms with van der Waals surface area (Å²) < 4.78 is 0. The highest BCUT2D eigenvalue weighted by Gasteiger charge is 2.24. The van der Waals surface area contributed by atoms with Gasteiger partial charge < -0.3 is 20.6 Å². The van der Waals surface area contributed by atoms with Crippen molar-refractivity contribution < 1.29 is 9.90 Å². The lowest BCUT2D eigenvalue weighted by atomic mass is 10.0. The number of hydrogen-bond donors (Lipinski definition) is 3. The quantitative estimate of drug-likeness (QED) is 0.537. The number of nitrogens with one attached hydrogen (secondary N) is 2. The first-order valence-electron chi connectivity index (χ1n) is 9.61. The van der Waals surface area contributed by atoms with Gasteiger partial charge in [-0.05, 0) is 43.9 Å². The molecule has 0 bridgehead atoms. The van der Waals surface area contributed by atoms with Gasteiger partial charge in [0.25, 0.3) is 0 Å². The van der Waals surface area contributed by atoms with Gasteiger partial charge in [0.05, 0.1) is 0 Å². The molecule has 1 aromatic carbocycles. The van der Waals surface area contributed by atoms with Crippen molar-refractivity contribution in [1.29, 1.82) is 0 Å². The average molecular weight is 361 g/mol. The van der Waals surface area contributed by atoms with E-state index >= 15 is 0 Å². The standard InChI is InChI=1S/C20H32N4O2/c1-4-21-20(22-11-8-16-6-5-7-18(25)14-16)23-17-9-12-24(13-10-17)19(26)15(2)3/h5-7,14-15,17,25H,4,8-13H2,1-3H3,(H2,21,22,23). The lowest BCUT2D eigenvalue weighted by Crippen LogP contribution is -2.50. The highest BCUT2D eigenvalue weighted by Crippen LogP contribution is 2.14. The van der Waals surface area contributed by atoms with E-state index in [2.05, 4.69) is 22.5 Å². The summed E-state index contributed by atoms with van der Waals surface area (Å²) >= 11 is 0. The Morgan fingerprint density at radius 3 is 2.69 bits per heavy atom. The molecule has 1 fully saturated rings. The van der Waals surface area contributed by atoms with E-state index in [-0.39, 0.29) is 11.8 Å². The van der Waals surface area contributed by atoms with Gasteiger partial charge in [-0.2, -0.15) is 0 Å². The third kappa shape index (κ3) is 6.24. The van der Waals surface area contributed by atoms with Crippen molar-refractivity contribution in [3.05, 3.63) is 29.8 Å². The normalized spacial score (nSPS) is 16.0. The second kappa shape index (κ2) is 10.0. The summed E-state index contributed by atoms with van der Waals surface area (Å²) in [6, 6.07) is 7.64. The number of carbonyl (C=O) groups is 1. The molecule has 0 unspecified atom stereocenters. The van der Waals surface area contributed by atoms with Crippen molar-refractivity contribution in [3.8, 4) is 5.75 Å². The fraction of sp³-hybridized carbons (Fsp3) is 0.600. The second-order valence-electron chi connectivity index (χ2n) is 7.08. The number of aliphatic imine (C=N–C) groups is 1. The zero-order valence-electron chi connectivity index (χ0n) is 16.2. The van der Waals surface area contributed by atoms with Gasteiger partial charge in [-0.25, -0.2) is 0 Å². The molecule has 1 saturated heterocycles. The minimum atomic E-state index is 0.0656. The maximum absolute atomic E-state index is 12.1. The smallest absolute Gasteiger partial charge is 0.225 e. The average Bonchev–Trinajstić information content (AvgIpc) is 2.62. The molecule has 144 valence electrons. The Morgan fingerprint density at radius 1 is 1.35 bits per heavy atom. The molecule has 0 radical (unpaired) electrons. The maximum atomic E-state index is 12.1. The predicted octanol–water partition coefficient (Wildman–Crippen LogP) is 2.14. The van der Waals surface area contributed by atoms with Crippen LogP contribution in [0, 0.1) is 5.92 Å². The van der Waals surface area contributed by atoms with Gasteiger partial charge in [-0.15, -0.1) is 0 Å². The first kappa shape index (κ1) is 20.1. The van der Waals surface area contributed by atoms with Gasteiger partial charge in [0.2, 0.25) is 5.91 Å². The number of phenolic OH excluding ortho intramolecular Hbond substituents is 1. The molecule has 2 rings (SSSR count). The molecule has 1 aromatic rings. The van der Waals surface area contributed by atoms with Crippen LogP contribution in [0.25, 0.3) is 0 Å². The molecule has 0 aromatic heterocycles. The molecule has 0 aliphatic carbocycles. The van der Waals surface area contributed by atoms with E-state index in [0.717, 1.165) is 50.4 Å². The van der Waals surface area contributed by atoms with Crippen LogP contribution in [0.5, 0.6) is 5.75 Å². The van der Waals surface area contributed by atoms with Crippen LogP contribution < -0.4 is 10.6 Å². The Hall–Kier alpha value is -2.24. The van der Waals surface area contributed by atoms with Crippen molar-refractivity contribution in [2.45, 2.75) is 46.1 Å². The number of carbonyl (C=O) groups excluding carboxylic acids is 1. The number of piperidine rings is 1. The van der Waals surface area contributed by atoms with E-state index in [1.165, 1.54) is 0 Å². The molecule has 6 heteroatoms. The molecule has 1 aliphatic rings. The second-order valence-corrected chi connectivity index (χ2v) is 7.08. The summed E-state index contributed by atoms with van der Waals surface area (Å²) in [4.78, 5) is 18.7. The van der Waals surface area contributed by atoms with Crippen molar-refractivity contribution in [2.75, 3.05) is 26.2 Å². The lowest BCUT2D eigenvalue weighted by Gasteiger charge is -2.34. The summed E-state index contributed by atoms with van der Waals surface area (Å²) in [5, 5.41) is 16.3. The Kier molecular flexibility index (Phi) is 7.75. The highest BCUT2D eigenvalue weighted by atomic mass is 16.3. The van der Waals surface area contributed by atoms with Crippen LogP contribution in [0.3, 0.4) is 0 Å². The number of nitrogens with zero attached hydrogens (tertiary/aromatic N) is 2. The van der Waals surface area contributed by atoms with Crippen molar-refractivity contribution >= 4 is 11.9 Å². The van der Waals surface area contributed by atoms with Crippen molar-refractivity contribution in [2.24, 2.45) is 10.9 Å². The third-order valence-electron chi connectivity index (χ3n) is 4.57. The van der Waals surface area contributed by atoms with Crippen LogP contribution in [0.4, 0.5) is 0 Å². The van der Waals surface area contributed by atoms with Gasteiger partial charge in [0.1, 0.15) is 5.75 Å². The van der Waals surface area contributed by atoms with E-state index in [1.807, 2.05) is 30.9 Å². The van der Waals surface area contributed by atoms with E-state index in [9.17, 15) is 9.90 Å². The summed E-state index contributed by atoms with van der Waals surface area (Å²) in [6.45, 7) is 9.03. The Bertz CT molecular complexity index is 608. The van der Waals surface area contributed by atoms with E-state index in [1.54, 1.807) is 12.1 Å². The number of benzene rings is 1. The number of guanidine groups is 1. The highest BCUT2D eigenvalue weighted by molar-refractivity contribution is 5.80. The van der Waals surface area contributed by atoms with Crippen molar-refractivity contribution in [3.63, 3.8) is 0 Å². The Labute approximate surface area is 156 Å². The minimum absolute atomic E-state index is 0.0656. The first-order valence-corrected chi connectivity index (χ1v) is 9.61. The summed E-state index contributed by atoms with van der Waals surface area (Å²) in [5.74, 6) is 1.42. The van der Waals surface area contributed by atoms with Crippen LogP contribution in [-0.2, 0) is 11.2 Å². The van der Waals surface area contributed by atoms with Gasteiger partial charge >= 0.3 is 0 Å². The van der Waals surface area contributed by atoms with Crippen LogP contribution in [0.1, 0.15) is 39.2 Å². The zero-order chi connectivity index (χ0) is 18.9. The maximum Gasteiger partial charge on any atom is 0.225 e. The van der Waals surface area contributed by atoms with Crippen LogP contribution in [0.15, 0.2) is 29.3 Å². The molecule has 6 nitrogen and oxygen atoms in total. The topological polar surface area (TPSA) is 77.0 Å². The van der Waals surface area contributed by atoms with E-state index in [4.69, 9.17) is 0 Å². The molecule has 1 amide bonds. The molecule has 1 heterocycles. The minimum Gasteiger partial charge on any atom is -0.508 e. The molecule has 26 heavy (non-hydrogen) atoms. The lowest BCUT2D eigenvalue weighted by molar-refractivity contribution is -0.135. The SMILES string of the molecule is CCNC(=NCCc1cccc(O)c1)NC1CCN(C(=O)C(C)C)CC1. The summed E-state index contributed by atoms with van der Waals surface area (Å²) in [7, 11) is 0. The van der Waals surface area contributed by atoms with Gasteiger partial charge in [-0.3, -0.25) is 9.79 Å². The predicted molar refractivity (Wildman–Crippen MR) is 105 cm³/mol. The zero-order valence-corrected chi connectivity index (χ0v) is 16.2. The van der Waals surface area contributed by atoms with Crippen LogP contribution in [-0.4, -0.2) is 54.1 Å². The van der Waals surface area contributed by atoms with Gasteiger partial charge in [-0.1, -0.05) is 26.0 Å². The molecular formula is C20H32N4O2. The molecule has 3 N–H and O–H groups in total. The number of hydrogen-bond acceptors (Lipinski definition) is 3. The van der Waals surface area contributed by atoms with Crippen molar-refractivity contribution in [1.82, 2.24) is 15.5 Å². The molecule has 0 saturated carbocycles. The fourth-order valence-electron chi connectivity index (χ4n) is 3.13. The number of phenols is 1. The van der Waals surface area contributed by atoms with E-state index < -0.39 is 0 Å². The van der Waals surface area contributed by atoms with E-state index in [0.29, 0.717) is 18.3 Å². The molecule has 1 aliphatic heterocycles. The molecule has 0 spiro atoms. The van der Waals surface area contributed by atoms with Gasteiger partial charge in [0, 0.05) is 38.1 Å². The number of aromatic hydroxyl groups is 1. The molecular weight excluding hydrogens is 328 g/mol. The Morgan fingerprint density at radius 2 is 2.08 bits per heavy atom. The molecule has 0 atom stereocenters. The number of rotatable bonds is 6. The van der Waals surface area contributed by atoms with Crippen LogP contribution in [0.2, 0.25) is 0 Å². The van der Waals surface area contributed by atoms with Crippen LogP contribution >= 0.6 is 0 Å². The monoisotopic (exact) mass is 360 g/mol. The summed E-state index contributed by atoms with van der Waals surface area (Å²) in [5.41, 5.74) is 1.07. The fourth-order valence-corrected chi connectivity index (χ4v) is 3.13. The van der Waals surface area contributed by atoms with Gasteiger partial charge in [0.15, 0.2) is 5.96 Å². The number of amides is 1.